The third-order valence-corrected chi connectivity index (χ3v) is 4.40. The molecule has 0 radical (unpaired) electrons. The first-order chi connectivity index (χ1) is 8.60. The number of benzene rings is 1. The minimum absolute atomic E-state index is 0.254. The minimum Gasteiger partial charge on any atom is -0.489 e. The van der Waals surface area contributed by atoms with E-state index in [0.717, 1.165) is 23.2 Å². The first-order valence-electron chi connectivity index (χ1n) is 6.46. The lowest BCUT2D eigenvalue weighted by Gasteiger charge is -2.32. The normalized spacial score (nSPS) is 27.6. The molecule has 3 unspecified atom stereocenters. The van der Waals surface area contributed by atoms with E-state index >= 15 is 0 Å². The average Bonchev–Trinajstić information content (AvgIpc) is 2.36. The van der Waals surface area contributed by atoms with Crippen LogP contribution >= 0.6 is 15.9 Å². The topological polar surface area (TPSA) is 33.0 Å². The Balaban J connectivity index is 2.08. The van der Waals surface area contributed by atoms with Gasteiger partial charge in [0.2, 0.25) is 0 Å². The number of halogens is 1. The molecule has 0 heterocycles. The van der Waals surface area contributed by atoms with Crippen LogP contribution in [0, 0.1) is 23.2 Å². The molecule has 3 atom stereocenters. The summed E-state index contributed by atoms with van der Waals surface area (Å²) in [6.45, 7) is 4.59. The van der Waals surface area contributed by atoms with Crippen molar-refractivity contribution in [3.8, 4) is 11.8 Å². The van der Waals surface area contributed by atoms with Crippen molar-refractivity contribution in [2.45, 2.75) is 39.2 Å². The lowest BCUT2D eigenvalue weighted by atomic mass is 9.80. The van der Waals surface area contributed by atoms with Crippen molar-refractivity contribution in [3.05, 3.63) is 28.2 Å². The molecular weight excluding hydrogens is 290 g/mol. The maximum Gasteiger partial charge on any atom is 0.137 e. The van der Waals surface area contributed by atoms with Crippen molar-refractivity contribution in [1.29, 1.82) is 5.26 Å². The smallest absolute Gasteiger partial charge is 0.137 e. The lowest BCUT2D eigenvalue weighted by Crippen LogP contribution is -2.28. The molecule has 1 aliphatic rings. The first-order valence-corrected chi connectivity index (χ1v) is 7.25. The van der Waals surface area contributed by atoms with Gasteiger partial charge in [0.1, 0.15) is 11.8 Å². The van der Waals surface area contributed by atoms with Crippen molar-refractivity contribution in [3.63, 3.8) is 0 Å². The van der Waals surface area contributed by atoms with Crippen LogP contribution in [0.15, 0.2) is 22.7 Å². The summed E-state index contributed by atoms with van der Waals surface area (Å²) in [7, 11) is 0. The summed E-state index contributed by atoms with van der Waals surface area (Å²) in [5.41, 5.74) is 0.607. The second kappa shape index (κ2) is 5.75. The third-order valence-electron chi connectivity index (χ3n) is 3.91. The standard InChI is InChI=1S/C15H18BrNO/c1-10-3-5-14(7-11(10)2)18-15-6-4-13(16)8-12(15)9-17/h4,6,8,10-11,14H,3,5,7H2,1-2H3. The molecule has 1 aliphatic carbocycles. The van der Waals surface area contributed by atoms with Gasteiger partial charge in [-0.15, -0.1) is 0 Å². The summed E-state index contributed by atoms with van der Waals surface area (Å²) in [5.74, 6) is 2.20. The summed E-state index contributed by atoms with van der Waals surface area (Å²) in [4.78, 5) is 0. The van der Waals surface area contributed by atoms with Gasteiger partial charge in [-0.25, -0.2) is 0 Å². The van der Waals surface area contributed by atoms with Crippen LogP contribution < -0.4 is 4.74 Å². The van der Waals surface area contributed by atoms with Gasteiger partial charge in [0.05, 0.1) is 11.7 Å². The highest BCUT2D eigenvalue weighted by atomic mass is 79.9. The molecule has 0 amide bonds. The number of nitriles is 1. The molecule has 2 nitrogen and oxygen atoms in total. The molecular formula is C15H18BrNO. The molecule has 1 aromatic carbocycles. The van der Waals surface area contributed by atoms with E-state index in [1.54, 1.807) is 0 Å². The molecule has 3 heteroatoms. The Hall–Kier alpha value is -1.01. The zero-order valence-electron chi connectivity index (χ0n) is 10.8. The van der Waals surface area contributed by atoms with Crippen LogP contribution in [0.5, 0.6) is 5.75 Å². The Labute approximate surface area is 117 Å². The molecule has 0 bridgehead atoms. The van der Waals surface area contributed by atoms with Gasteiger partial charge in [0.15, 0.2) is 0 Å². The highest BCUT2D eigenvalue weighted by Gasteiger charge is 2.26. The molecule has 96 valence electrons. The molecule has 18 heavy (non-hydrogen) atoms. The van der Waals surface area contributed by atoms with Crippen LogP contribution in [-0.4, -0.2) is 6.10 Å². The number of hydrogen-bond donors (Lipinski definition) is 0. The van der Waals surface area contributed by atoms with E-state index in [9.17, 15) is 0 Å². The first kappa shape index (κ1) is 13.4. The van der Waals surface area contributed by atoms with E-state index in [1.807, 2.05) is 18.2 Å². The van der Waals surface area contributed by atoms with Gasteiger partial charge in [-0.3, -0.25) is 0 Å². The number of nitrogens with zero attached hydrogens (tertiary/aromatic N) is 1. The van der Waals surface area contributed by atoms with Gasteiger partial charge in [0.25, 0.3) is 0 Å². The van der Waals surface area contributed by atoms with Crippen LogP contribution in [-0.2, 0) is 0 Å². The largest absolute Gasteiger partial charge is 0.489 e. The fourth-order valence-electron chi connectivity index (χ4n) is 2.48. The van der Waals surface area contributed by atoms with Crippen molar-refractivity contribution in [2.24, 2.45) is 11.8 Å². The molecule has 2 rings (SSSR count). The van der Waals surface area contributed by atoms with Gasteiger partial charge in [0, 0.05) is 4.47 Å². The molecule has 1 saturated carbocycles. The van der Waals surface area contributed by atoms with Crippen LogP contribution in [0.4, 0.5) is 0 Å². The molecule has 0 aliphatic heterocycles. The van der Waals surface area contributed by atoms with E-state index in [4.69, 9.17) is 10.00 Å². The van der Waals surface area contributed by atoms with Gasteiger partial charge in [-0.1, -0.05) is 29.8 Å². The molecule has 1 fully saturated rings. The van der Waals surface area contributed by atoms with Gasteiger partial charge >= 0.3 is 0 Å². The average molecular weight is 308 g/mol. The second-order valence-corrected chi connectivity index (χ2v) is 6.18. The number of hydrogen-bond acceptors (Lipinski definition) is 2. The number of ether oxygens (including phenoxy) is 1. The summed E-state index contributed by atoms with van der Waals surface area (Å²) < 4.78 is 6.92. The summed E-state index contributed by atoms with van der Waals surface area (Å²) in [6.07, 6.45) is 3.64. The predicted octanol–water partition coefficient (Wildman–Crippen LogP) is 4.52. The highest BCUT2D eigenvalue weighted by Crippen LogP contribution is 2.33. The van der Waals surface area contributed by atoms with Gasteiger partial charge in [-0.05, 0) is 49.3 Å². The molecule has 0 N–H and O–H groups in total. The van der Waals surface area contributed by atoms with Crippen LogP contribution in [0.1, 0.15) is 38.7 Å². The quantitative estimate of drug-likeness (QED) is 0.804. The summed E-state index contributed by atoms with van der Waals surface area (Å²) in [6, 6.07) is 7.80. The fourth-order valence-corrected chi connectivity index (χ4v) is 2.84. The zero-order chi connectivity index (χ0) is 13.1. The Bertz CT molecular complexity index is 466. The van der Waals surface area contributed by atoms with Crippen molar-refractivity contribution in [1.82, 2.24) is 0 Å². The van der Waals surface area contributed by atoms with Crippen molar-refractivity contribution < 1.29 is 4.74 Å². The maximum atomic E-state index is 9.12. The lowest BCUT2D eigenvalue weighted by molar-refractivity contribution is 0.100. The van der Waals surface area contributed by atoms with Crippen LogP contribution in [0.2, 0.25) is 0 Å². The number of rotatable bonds is 2. The molecule has 1 aromatic rings. The Morgan fingerprint density at radius 1 is 1.28 bits per heavy atom. The molecule has 0 spiro atoms. The SMILES string of the molecule is CC1CCC(Oc2ccc(Br)cc2C#N)CC1C. The third kappa shape index (κ3) is 3.05. The van der Waals surface area contributed by atoms with E-state index in [-0.39, 0.29) is 6.10 Å². The molecule has 0 aromatic heterocycles. The van der Waals surface area contributed by atoms with Crippen molar-refractivity contribution >= 4 is 15.9 Å². The summed E-state index contributed by atoms with van der Waals surface area (Å²) >= 11 is 3.37. The Morgan fingerprint density at radius 2 is 2.06 bits per heavy atom. The van der Waals surface area contributed by atoms with Gasteiger partial charge < -0.3 is 4.74 Å². The van der Waals surface area contributed by atoms with Gasteiger partial charge in [-0.2, -0.15) is 5.26 Å². The predicted molar refractivity (Wildman–Crippen MR) is 75.5 cm³/mol. The van der Waals surface area contributed by atoms with E-state index in [2.05, 4.69) is 35.8 Å². The fraction of sp³-hybridized carbons (Fsp3) is 0.533. The Morgan fingerprint density at radius 3 is 2.72 bits per heavy atom. The zero-order valence-corrected chi connectivity index (χ0v) is 12.4. The monoisotopic (exact) mass is 307 g/mol. The summed E-state index contributed by atoms with van der Waals surface area (Å²) in [5, 5.41) is 9.12. The van der Waals surface area contributed by atoms with Crippen LogP contribution in [0.25, 0.3) is 0 Å². The highest BCUT2D eigenvalue weighted by molar-refractivity contribution is 9.10. The van der Waals surface area contributed by atoms with Crippen molar-refractivity contribution in [2.75, 3.05) is 0 Å². The van der Waals surface area contributed by atoms with E-state index < -0.39 is 0 Å². The van der Waals surface area contributed by atoms with E-state index in [0.29, 0.717) is 17.2 Å². The Kier molecular flexibility index (Phi) is 4.29. The van der Waals surface area contributed by atoms with E-state index in [1.165, 1.54) is 6.42 Å². The minimum atomic E-state index is 0.254. The molecule has 0 saturated heterocycles. The maximum absolute atomic E-state index is 9.12. The second-order valence-electron chi connectivity index (χ2n) is 5.26. The van der Waals surface area contributed by atoms with Crippen LogP contribution in [0.3, 0.4) is 0 Å².